The topological polar surface area (TPSA) is 94.5 Å². The summed E-state index contributed by atoms with van der Waals surface area (Å²) < 4.78 is 12.6. The number of aryl methyl sites for hydroxylation is 1. The summed E-state index contributed by atoms with van der Waals surface area (Å²) in [6.45, 7) is 0.957. The zero-order valence-electron chi connectivity index (χ0n) is 17.1. The molecular weight excluding hydrogens is 396 g/mol. The molecule has 2 N–H and O–H groups in total. The Morgan fingerprint density at radius 1 is 1.10 bits per heavy atom. The maximum atomic E-state index is 12.8. The first kappa shape index (κ1) is 19.4. The molecule has 1 aliphatic heterocycles. The van der Waals surface area contributed by atoms with Crippen molar-refractivity contribution in [3.8, 4) is 11.5 Å². The van der Waals surface area contributed by atoms with Gasteiger partial charge in [-0.1, -0.05) is 12.1 Å². The number of hydrogen-bond acceptors (Lipinski definition) is 5. The van der Waals surface area contributed by atoms with Crippen molar-refractivity contribution in [3.05, 3.63) is 48.3 Å². The fourth-order valence-electron chi connectivity index (χ4n) is 3.76. The van der Waals surface area contributed by atoms with E-state index in [2.05, 4.69) is 10.6 Å². The molecule has 1 saturated carbocycles. The lowest BCUT2D eigenvalue weighted by Gasteiger charge is -2.11. The molecule has 0 atom stereocenters. The van der Waals surface area contributed by atoms with Gasteiger partial charge in [0.25, 0.3) is 0 Å². The smallest absolute Gasteiger partial charge is 0.244 e. The third kappa shape index (κ3) is 4.33. The van der Waals surface area contributed by atoms with Crippen molar-refractivity contribution in [2.45, 2.75) is 32.2 Å². The highest BCUT2D eigenvalue weighted by Gasteiger charge is 2.29. The van der Waals surface area contributed by atoms with Crippen LogP contribution in [0.2, 0.25) is 0 Å². The Morgan fingerprint density at radius 2 is 1.94 bits per heavy atom. The highest BCUT2D eigenvalue weighted by atomic mass is 16.7. The van der Waals surface area contributed by atoms with Crippen LogP contribution in [0, 0.1) is 5.92 Å². The minimum atomic E-state index is -0.148. The maximum Gasteiger partial charge on any atom is 0.244 e. The molecule has 1 fully saturated rings. The monoisotopic (exact) mass is 420 g/mol. The first-order chi connectivity index (χ1) is 15.2. The van der Waals surface area contributed by atoms with E-state index in [1.54, 1.807) is 18.2 Å². The van der Waals surface area contributed by atoms with Crippen LogP contribution in [0.4, 0.5) is 5.69 Å². The van der Waals surface area contributed by atoms with Gasteiger partial charge in [-0.2, -0.15) is 0 Å². The molecule has 1 aromatic heterocycles. The zero-order valence-corrected chi connectivity index (χ0v) is 17.1. The fourth-order valence-corrected chi connectivity index (χ4v) is 3.76. The quantitative estimate of drug-likeness (QED) is 0.547. The summed E-state index contributed by atoms with van der Waals surface area (Å²) in [5.74, 6) is 2.35. The maximum absolute atomic E-state index is 12.8. The molecule has 3 aromatic rings. The molecular formula is C23H24N4O4. The highest BCUT2D eigenvalue weighted by Crippen LogP contribution is 2.34. The first-order valence-electron chi connectivity index (χ1n) is 10.6. The highest BCUT2D eigenvalue weighted by molar-refractivity contribution is 5.92. The molecule has 160 valence electrons. The summed E-state index contributed by atoms with van der Waals surface area (Å²) in [6, 6.07) is 13.1. The van der Waals surface area contributed by atoms with Crippen LogP contribution < -0.4 is 20.1 Å². The summed E-state index contributed by atoms with van der Waals surface area (Å²) >= 11 is 0. The third-order valence-electron chi connectivity index (χ3n) is 5.52. The SMILES string of the molecule is O=C(Cn1c(CCCNC(=O)C2CC2)nc2ccccc21)Nc1ccc2c(c1)OCO2. The molecule has 0 spiro atoms. The van der Waals surface area contributed by atoms with Gasteiger partial charge in [-0.25, -0.2) is 4.98 Å². The second kappa shape index (κ2) is 8.29. The second-order valence-electron chi connectivity index (χ2n) is 7.89. The normalized spacial score (nSPS) is 14.6. The summed E-state index contributed by atoms with van der Waals surface area (Å²) in [7, 11) is 0. The van der Waals surface area contributed by atoms with Gasteiger partial charge in [-0.15, -0.1) is 0 Å². The molecule has 8 heteroatoms. The molecule has 5 rings (SSSR count). The lowest BCUT2D eigenvalue weighted by molar-refractivity contribution is -0.122. The van der Waals surface area contributed by atoms with Gasteiger partial charge in [0.05, 0.1) is 11.0 Å². The van der Waals surface area contributed by atoms with Crippen molar-refractivity contribution in [3.63, 3.8) is 0 Å². The van der Waals surface area contributed by atoms with Crippen LogP contribution in [0.3, 0.4) is 0 Å². The van der Waals surface area contributed by atoms with Crippen molar-refractivity contribution >= 4 is 28.5 Å². The first-order valence-corrected chi connectivity index (χ1v) is 10.6. The van der Waals surface area contributed by atoms with Gasteiger partial charge in [0.1, 0.15) is 12.4 Å². The van der Waals surface area contributed by atoms with Crippen LogP contribution in [0.25, 0.3) is 11.0 Å². The molecule has 8 nitrogen and oxygen atoms in total. The average Bonchev–Trinajstić information content (AvgIpc) is 3.43. The third-order valence-corrected chi connectivity index (χ3v) is 5.52. The number of para-hydroxylation sites is 2. The fraction of sp³-hybridized carbons (Fsp3) is 0.348. The van der Waals surface area contributed by atoms with Gasteiger partial charge >= 0.3 is 0 Å². The van der Waals surface area contributed by atoms with Crippen molar-refractivity contribution in [1.29, 1.82) is 0 Å². The molecule has 0 unspecified atom stereocenters. The predicted molar refractivity (Wildman–Crippen MR) is 115 cm³/mol. The van der Waals surface area contributed by atoms with Gasteiger partial charge in [0.2, 0.25) is 18.6 Å². The predicted octanol–water partition coefficient (Wildman–Crippen LogP) is 2.86. The standard InChI is InChI=1S/C23H24N4O4/c28-22(25-16-9-10-19-20(12-16)31-14-30-19)13-27-18-5-2-1-4-17(18)26-21(27)6-3-11-24-23(29)15-7-8-15/h1-2,4-5,9-10,12,15H,3,6-8,11,13-14H2,(H,24,29)(H,25,28). The van der Waals surface area contributed by atoms with Gasteiger partial charge in [-0.3, -0.25) is 9.59 Å². The van der Waals surface area contributed by atoms with E-state index >= 15 is 0 Å². The number of carbonyl (C=O) groups is 2. The van der Waals surface area contributed by atoms with Gasteiger partial charge in [-0.05, 0) is 43.5 Å². The molecule has 0 bridgehead atoms. The van der Waals surface area contributed by atoms with Gasteiger partial charge in [0, 0.05) is 30.6 Å². The number of rotatable bonds is 8. The van der Waals surface area contributed by atoms with Crippen LogP contribution in [0.5, 0.6) is 11.5 Å². The molecule has 2 aliphatic rings. The number of benzene rings is 2. The van der Waals surface area contributed by atoms with Crippen LogP contribution in [0.1, 0.15) is 25.1 Å². The Morgan fingerprint density at radius 3 is 2.81 bits per heavy atom. The van der Waals surface area contributed by atoms with Crippen molar-refractivity contribution < 1.29 is 19.1 Å². The van der Waals surface area contributed by atoms with Crippen molar-refractivity contribution in [2.24, 2.45) is 5.92 Å². The molecule has 0 saturated heterocycles. The number of amides is 2. The summed E-state index contributed by atoms with van der Waals surface area (Å²) in [4.78, 5) is 29.3. The number of nitrogens with one attached hydrogen (secondary N) is 2. The Bertz CT molecular complexity index is 1140. The van der Waals surface area contributed by atoms with Crippen LogP contribution in [0.15, 0.2) is 42.5 Å². The van der Waals surface area contributed by atoms with Crippen molar-refractivity contribution in [1.82, 2.24) is 14.9 Å². The summed E-state index contributed by atoms with van der Waals surface area (Å²) in [5, 5.41) is 5.91. The van der Waals surface area contributed by atoms with Crippen LogP contribution in [-0.2, 0) is 22.6 Å². The Hall–Kier alpha value is -3.55. The average molecular weight is 420 g/mol. The number of hydrogen-bond donors (Lipinski definition) is 2. The van der Waals surface area contributed by atoms with E-state index in [4.69, 9.17) is 14.5 Å². The Balaban J connectivity index is 1.26. The number of carbonyl (C=O) groups excluding carboxylic acids is 2. The molecule has 2 amide bonds. The minimum absolute atomic E-state index is 0.148. The van der Waals surface area contributed by atoms with Crippen LogP contribution >= 0.6 is 0 Å². The summed E-state index contributed by atoms with van der Waals surface area (Å²) in [5.41, 5.74) is 2.43. The number of nitrogens with zero attached hydrogens (tertiary/aromatic N) is 2. The molecule has 1 aliphatic carbocycles. The molecule has 31 heavy (non-hydrogen) atoms. The van der Waals surface area contributed by atoms with E-state index in [0.717, 1.165) is 36.1 Å². The number of imidazole rings is 1. The zero-order chi connectivity index (χ0) is 21.2. The van der Waals surface area contributed by atoms with E-state index in [1.807, 2.05) is 28.8 Å². The van der Waals surface area contributed by atoms with E-state index in [-0.39, 0.29) is 31.1 Å². The molecule has 2 aromatic carbocycles. The minimum Gasteiger partial charge on any atom is -0.454 e. The van der Waals surface area contributed by atoms with E-state index in [9.17, 15) is 9.59 Å². The van der Waals surface area contributed by atoms with Crippen molar-refractivity contribution in [2.75, 3.05) is 18.7 Å². The van der Waals surface area contributed by atoms with E-state index in [1.165, 1.54) is 0 Å². The van der Waals surface area contributed by atoms with E-state index < -0.39 is 0 Å². The number of aromatic nitrogens is 2. The number of ether oxygens (including phenoxy) is 2. The van der Waals surface area contributed by atoms with Gasteiger partial charge < -0.3 is 24.7 Å². The lowest BCUT2D eigenvalue weighted by atomic mass is 10.2. The van der Waals surface area contributed by atoms with E-state index in [0.29, 0.717) is 30.2 Å². The Kier molecular flexibility index (Phi) is 5.19. The molecule has 0 radical (unpaired) electrons. The molecule has 2 heterocycles. The lowest BCUT2D eigenvalue weighted by Crippen LogP contribution is -2.26. The second-order valence-corrected chi connectivity index (χ2v) is 7.89. The largest absolute Gasteiger partial charge is 0.454 e. The van der Waals surface area contributed by atoms with Crippen LogP contribution in [-0.4, -0.2) is 34.7 Å². The number of fused-ring (bicyclic) bond motifs is 2. The van der Waals surface area contributed by atoms with Gasteiger partial charge in [0.15, 0.2) is 11.5 Å². The summed E-state index contributed by atoms with van der Waals surface area (Å²) in [6.07, 6.45) is 3.45. The number of anilines is 1. The Labute approximate surface area is 179 Å².